The summed E-state index contributed by atoms with van der Waals surface area (Å²) in [6.45, 7) is -0.126. The van der Waals surface area contributed by atoms with E-state index in [1.54, 1.807) is 17.2 Å². The fraction of sp³-hybridized carbons (Fsp3) is 0.381. The molecule has 1 fully saturated rings. The van der Waals surface area contributed by atoms with E-state index in [-0.39, 0.29) is 31.3 Å². The van der Waals surface area contributed by atoms with Crippen molar-refractivity contribution >= 4 is 17.3 Å². The van der Waals surface area contributed by atoms with Crippen LogP contribution in [0, 0.1) is 0 Å². The minimum atomic E-state index is -4.55. The molecule has 3 aromatic rings. The van der Waals surface area contributed by atoms with Crippen LogP contribution in [-0.2, 0) is 17.7 Å². The fourth-order valence-corrected chi connectivity index (χ4v) is 4.18. The maximum absolute atomic E-state index is 13.1. The SMILES string of the molecule is O=C(c1cc2ccccn2c1)N1CCc2[nH]nc(C(=O)N3CCOC(C(F)(F)F)C3)c2C1. The number of amides is 2. The Balaban J connectivity index is 1.35. The number of alkyl halides is 3. The number of carbonyl (C=O) groups is 2. The third-order valence-corrected chi connectivity index (χ3v) is 5.89. The second-order valence-electron chi connectivity index (χ2n) is 7.92. The predicted molar refractivity (Wildman–Crippen MR) is 106 cm³/mol. The number of morpholine rings is 1. The van der Waals surface area contributed by atoms with E-state index in [1.165, 1.54) is 0 Å². The first-order valence-corrected chi connectivity index (χ1v) is 10.2. The zero-order valence-corrected chi connectivity index (χ0v) is 16.9. The molecule has 1 atom stereocenters. The summed E-state index contributed by atoms with van der Waals surface area (Å²) in [4.78, 5) is 28.8. The van der Waals surface area contributed by atoms with Crippen LogP contribution in [0.3, 0.4) is 0 Å². The molecule has 3 aromatic heterocycles. The van der Waals surface area contributed by atoms with Crippen LogP contribution in [0.5, 0.6) is 0 Å². The average molecular weight is 447 g/mol. The molecule has 11 heteroatoms. The second kappa shape index (κ2) is 7.66. The molecule has 0 radical (unpaired) electrons. The second-order valence-corrected chi connectivity index (χ2v) is 7.92. The van der Waals surface area contributed by atoms with E-state index in [0.717, 1.165) is 16.1 Å². The van der Waals surface area contributed by atoms with Crippen molar-refractivity contribution in [3.63, 3.8) is 0 Å². The van der Waals surface area contributed by atoms with Crippen molar-refractivity contribution in [2.24, 2.45) is 0 Å². The molecule has 1 saturated heterocycles. The van der Waals surface area contributed by atoms with Gasteiger partial charge < -0.3 is 18.9 Å². The maximum Gasteiger partial charge on any atom is 0.416 e. The Bertz CT molecular complexity index is 1150. The quantitative estimate of drug-likeness (QED) is 0.654. The van der Waals surface area contributed by atoms with Crippen molar-refractivity contribution < 1.29 is 27.5 Å². The van der Waals surface area contributed by atoms with Crippen molar-refractivity contribution in [1.82, 2.24) is 24.4 Å². The highest BCUT2D eigenvalue weighted by atomic mass is 19.4. The Hall–Kier alpha value is -3.34. The van der Waals surface area contributed by atoms with Crippen molar-refractivity contribution in [2.45, 2.75) is 25.2 Å². The zero-order valence-electron chi connectivity index (χ0n) is 16.9. The van der Waals surface area contributed by atoms with Crippen molar-refractivity contribution in [3.8, 4) is 0 Å². The molecule has 0 aromatic carbocycles. The van der Waals surface area contributed by atoms with E-state index in [2.05, 4.69) is 10.2 Å². The van der Waals surface area contributed by atoms with Gasteiger partial charge in [0.25, 0.3) is 11.8 Å². The lowest BCUT2D eigenvalue weighted by molar-refractivity contribution is -0.233. The van der Waals surface area contributed by atoms with Crippen LogP contribution in [0.1, 0.15) is 32.1 Å². The van der Waals surface area contributed by atoms with E-state index in [4.69, 9.17) is 4.74 Å². The fourth-order valence-electron chi connectivity index (χ4n) is 4.18. The van der Waals surface area contributed by atoms with E-state index in [0.29, 0.717) is 24.1 Å². The summed E-state index contributed by atoms with van der Waals surface area (Å²) >= 11 is 0. The van der Waals surface area contributed by atoms with Gasteiger partial charge in [-0.2, -0.15) is 18.3 Å². The average Bonchev–Trinajstić information content (AvgIpc) is 3.41. The first-order valence-electron chi connectivity index (χ1n) is 10.2. The molecular weight excluding hydrogens is 427 g/mol. The number of rotatable bonds is 2. The van der Waals surface area contributed by atoms with E-state index in [1.807, 2.05) is 28.8 Å². The molecular formula is C21H20F3N5O3. The highest BCUT2D eigenvalue weighted by Crippen LogP contribution is 2.28. The number of nitrogens with zero attached hydrogens (tertiary/aromatic N) is 4. The molecule has 0 bridgehead atoms. The van der Waals surface area contributed by atoms with Gasteiger partial charge in [-0.1, -0.05) is 6.07 Å². The predicted octanol–water partition coefficient (Wildman–Crippen LogP) is 2.26. The topological polar surface area (TPSA) is 82.9 Å². The number of aromatic nitrogens is 3. The van der Waals surface area contributed by atoms with Crippen LogP contribution >= 0.6 is 0 Å². The van der Waals surface area contributed by atoms with Gasteiger partial charge in [-0.25, -0.2) is 0 Å². The number of hydrogen-bond donors (Lipinski definition) is 1. The normalized spacial score (nSPS) is 19.3. The number of carbonyl (C=O) groups excluding carboxylic acids is 2. The number of hydrogen-bond acceptors (Lipinski definition) is 4. The van der Waals surface area contributed by atoms with Crippen LogP contribution in [0.25, 0.3) is 5.52 Å². The van der Waals surface area contributed by atoms with Gasteiger partial charge in [0.2, 0.25) is 0 Å². The Morgan fingerprint density at radius 3 is 2.78 bits per heavy atom. The summed E-state index contributed by atoms with van der Waals surface area (Å²) in [6, 6.07) is 7.45. The molecule has 1 unspecified atom stereocenters. The van der Waals surface area contributed by atoms with Gasteiger partial charge in [0.15, 0.2) is 11.8 Å². The van der Waals surface area contributed by atoms with Gasteiger partial charge in [-0.05, 0) is 18.2 Å². The minimum absolute atomic E-state index is 0.0486. The standard InChI is InChI=1S/C21H20F3N5O3/c22-21(23,24)17-12-29(7-8-32-17)20(31)18-15-11-28(6-4-16(15)25-26-18)19(30)13-9-14-3-1-2-5-27(14)10-13/h1-3,5,9-10,17H,4,6-8,11-12H2,(H,25,26). The molecule has 2 amide bonds. The van der Waals surface area contributed by atoms with E-state index in [9.17, 15) is 22.8 Å². The van der Waals surface area contributed by atoms with Gasteiger partial charge in [-0.3, -0.25) is 14.7 Å². The van der Waals surface area contributed by atoms with Crippen LogP contribution in [0.4, 0.5) is 13.2 Å². The third kappa shape index (κ3) is 3.62. The van der Waals surface area contributed by atoms with Crippen LogP contribution in [0.2, 0.25) is 0 Å². The number of H-pyrrole nitrogens is 1. The lowest BCUT2D eigenvalue weighted by atomic mass is 10.0. The summed E-state index contributed by atoms with van der Waals surface area (Å²) in [5.74, 6) is -0.772. The third-order valence-electron chi connectivity index (χ3n) is 5.89. The first kappa shape index (κ1) is 20.6. The number of fused-ring (bicyclic) bond motifs is 2. The highest BCUT2D eigenvalue weighted by Gasteiger charge is 2.45. The molecule has 0 aliphatic carbocycles. The van der Waals surface area contributed by atoms with Crippen LogP contribution < -0.4 is 0 Å². The Labute approximate surface area is 180 Å². The van der Waals surface area contributed by atoms with Gasteiger partial charge in [0, 0.05) is 48.7 Å². The summed E-state index contributed by atoms with van der Waals surface area (Å²) < 4.78 is 45.7. The molecule has 32 heavy (non-hydrogen) atoms. The van der Waals surface area contributed by atoms with Gasteiger partial charge in [0.05, 0.1) is 25.3 Å². The highest BCUT2D eigenvalue weighted by molar-refractivity contribution is 5.97. The molecule has 2 aliphatic heterocycles. The largest absolute Gasteiger partial charge is 0.416 e. The molecule has 1 N–H and O–H groups in total. The minimum Gasteiger partial charge on any atom is -0.365 e. The summed E-state index contributed by atoms with van der Waals surface area (Å²) in [6.07, 6.45) is -2.49. The molecule has 5 rings (SSSR count). The molecule has 2 aliphatic rings. The van der Waals surface area contributed by atoms with E-state index >= 15 is 0 Å². The first-order chi connectivity index (χ1) is 15.3. The smallest absolute Gasteiger partial charge is 0.365 e. The molecule has 0 saturated carbocycles. The van der Waals surface area contributed by atoms with Crippen molar-refractivity contribution in [2.75, 3.05) is 26.2 Å². The number of nitrogens with one attached hydrogen (secondary N) is 1. The van der Waals surface area contributed by atoms with Crippen molar-refractivity contribution in [3.05, 3.63) is 59.2 Å². The summed E-state index contributed by atoms with van der Waals surface area (Å²) in [5.41, 5.74) is 2.74. The lowest BCUT2D eigenvalue weighted by Gasteiger charge is -2.34. The van der Waals surface area contributed by atoms with Gasteiger partial charge in [-0.15, -0.1) is 0 Å². The lowest BCUT2D eigenvalue weighted by Crippen LogP contribution is -2.51. The van der Waals surface area contributed by atoms with E-state index < -0.39 is 24.7 Å². The molecule has 8 nitrogen and oxygen atoms in total. The molecule has 5 heterocycles. The summed E-state index contributed by atoms with van der Waals surface area (Å²) in [5, 5.41) is 6.90. The number of ether oxygens (including phenoxy) is 1. The molecule has 168 valence electrons. The monoisotopic (exact) mass is 447 g/mol. The summed E-state index contributed by atoms with van der Waals surface area (Å²) in [7, 11) is 0. The van der Waals surface area contributed by atoms with Gasteiger partial charge >= 0.3 is 6.18 Å². The van der Waals surface area contributed by atoms with Crippen LogP contribution in [0.15, 0.2) is 36.7 Å². The zero-order chi connectivity index (χ0) is 22.5. The Morgan fingerprint density at radius 1 is 1.16 bits per heavy atom. The van der Waals surface area contributed by atoms with Crippen molar-refractivity contribution in [1.29, 1.82) is 0 Å². The Morgan fingerprint density at radius 2 is 2.00 bits per heavy atom. The number of halogens is 3. The molecule has 0 spiro atoms. The van der Waals surface area contributed by atoms with Crippen LogP contribution in [-0.4, -0.2) is 74.7 Å². The number of aromatic amines is 1. The Kier molecular flexibility index (Phi) is 4.92. The van der Waals surface area contributed by atoms with Gasteiger partial charge in [0.1, 0.15) is 0 Å². The number of pyridine rings is 1. The maximum atomic E-state index is 13.1.